The van der Waals surface area contributed by atoms with Crippen molar-refractivity contribution in [1.29, 1.82) is 0 Å². The molecule has 0 fully saturated rings. The minimum Gasteiger partial charge on any atom is -0.324 e. The first-order valence-electron chi connectivity index (χ1n) is 8.34. The monoisotopic (exact) mass is 397 g/mol. The van der Waals surface area contributed by atoms with Gasteiger partial charge in [0.1, 0.15) is 0 Å². The Morgan fingerprint density at radius 3 is 1.96 bits per heavy atom. The van der Waals surface area contributed by atoms with Crippen LogP contribution in [-0.4, -0.2) is 24.3 Å². The molecule has 1 amide bonds. The maximum Gasteiger partial charge on any atom is 0.255 e. The highest BCUT2D eigenvalue weighted by Gasteiger charge is 2.10. The van der Waals surface area contributed by atoms with Gasteiger partial charge in [0.05, 0.1) is 4.90 Å². The van der Waals surface area contributed by atoms with Crippen molar-refractivity contribution in [3.8, 4) is 0 Å². The Labute approximate surface area is 162 Å². The van der Waals surface area contributed by atoms with Crippen LogP contribution in [0.1, 0.15) is 21.7 Å². The highest BCUT2D eigenvalue weighted by atomic mass is 32.2. The predicted molar refractivity (Wildman–Crippen MR) is 107 cm³/mol. The number of nitrogens with two attached hydrogens (primary N) is 1. The van der Waals surface area contributed by atoms with Crippen molar-refractivity contribution >= 4 is 33.3 Å². The van der Waals surface area contributed by atoms with Crippen LogP contribution in [-0.2, 0) is 10.0 Å². The fourth-order valence-corrected chi connectivity index (χ4v) is 3.06. The molecule has 0 bridgehead atoms. The molecule has 0 aliphatic heterocycles. The number of aromatic nitrogens is 2. The summed E-state index contributed by atoms with van der Waals surface area (Å²) < 4.78 is 22.5. The van der Waals surface area contributed by atoms with Crippen molar-refractivity contribution in [2.75, 3.05) is 10.6 Å². The van der Waals surface area contributed by atoms with Crippen molar-refractivity contribution in [3.63, 3.8) is 0 Å². The van der Waals surface area contributed by atoms with E-state index in [1.165, 1.54) is 24.3 Å². The van der Waals surface area contributed by atoms with E-state index in [2.05, 4.69) is 20.6 Å². The number of benzene rings is 2. The van der Waals surface area contributed by atoms with Gasteiger partial charge in [0.25, 0.3) is 5.91 Å². The van der Waals surface area contributed by atoms with Gasteiger partial charge < -0.3 is 10.6 Å². The quantitative estimate of drug-likeness (QED) is 0.607. The predicted octanol–water partition coefficient (Wildman–Crippen LogP) is 2.74. The second-order valence-electron chi connectivity index (χ2n) is 6.20. The first-order chi connectivity index (χ1) is 13.2. The first-order valence-corrected chi connectivity index (χ1v) is 9.89. The Hall–Kier alpha value is -3.30. The standard InChI is InChI=1S/C19H19N5O3S/c1-12-11-13(2)22-19(21-12)24-16-5-3-14(4-6-16)18(25)23-15-7-9-17(10-8-15)28(20,26)27/h3-11H,1-2H3,(H,23,25)(H2,20,26,27)(H,21,22,24). The summed E-state index contributed by atoms with van der Waals surface area (Å²) in [6.45, 7) is 3.78. The number of aryl methyl sites for hydroxylation is 2. The number of primary sulfonamides is 1. The van der Waals surface area contributed by atoms with E-state index >= 15 is 0 Å². The number of anilines is 3. The number of nitrogens with zero attached hydrogens (tertiary/aromatic N) is 2. The highest BCUT2D eigenvalue weighted by molar-refractivity contribution is 7.89. The molecule has 0 saturated heterocycles. The molecule has 3 aromatic rings. The summed E-state index contributed by atoms with van der Waals surface area (Å²) in [5.41, 5.74) is 3.38. The zero-order chi connectivity index (χ0) is 20.3. The van der Waals surface area contributed by atoms with Crippen molar-refractivity contribution in [2.24, 2.45) is 5.14 Å². The van der Waals surface area contributed by atoms with E-state index in [0.717, 1.165) is 17.1 Å². The number of hydrogen-bond donors (Lipinski definition) is 3. The van der Waals surface area contributed by atoms with Crippen molar-refractivity contribution in [2.45, 2.75) is 18.7 Å². The van der Waals surface area contributed by atoms with E-state index in [9.17, 15) is 13.2 Å². The average Bonchev–Trinajstić information content (AvgIpc) is 2.61. The van der Waals surface area contributed by atoms with Crippen LogP contribution in [0.4, 0.5) is 17.3 Å². The lowest BCUT2D eigenvalue weighted by Gasteiger charge is -2.09. The molecule has 0 atom stereocenters. The maximum absolute atomic E-state index is 12.4. The zero-order valence-electron chi connectivity index (χ0n) is 15.3. The van der Waals surface area contributed by atoms with Crippen molar-refractivity contribution in [3.05, 3.63) is 71.5 Å². The van der Waals surface area contributed by atoms with Crippen molar-refractivity contribution < 1.29 is 13.2 Å². The second-order valence-corrected chi connectivity index (χ2v) is 7.76. The smallest absolute Gasteiger partial charge is 0.255 e. The van der Waals surface area contributed by atoms with Crippen LogP contribution in [0.25, 0.3) is 0 Å². The molecule has 0 saturated carbocycles. The topological polar surface area (TPSA) is 127 Å². The molecular formula is C19H19N5O3S. The van der Waals surface area contributed by atoms with Gasteiger partial charge >= 0.3 is 0 Å². The number of nitrogens with one attached hydrogen (secondary N) is 2. The number of hydrogen-bond acceptors (Lipinski definition) is 6. The molecule has 0 spiro atoms. The highest BCUT2D eigenvalue weighted by Crippen LogP contribution is 2.17. The van der Waals surface area contributed by atoms with Gasteiger partial charge in [0.15, 0.2) is 0 Å². The van der Waals surface area contributed by atoms with Gasteiger partial charge in [-0.2, -0.15) is 0 Å². The molecule has 0 aliphatic carbocycles. The Morgan fingerprint density at radius 2 is 1.43 bits per heavy atom. The van der Waals surface area contributed by atoms with E-state index in [1.54, 1.807) is 24.3 Å². The molecule has 1 heterocycles. The molecular weight excluding hydrogens is 378 g/mol. The number of sulfonamides is 1. The lowest BCUT2D eigenvalue weighted by Crippen LogP contribution is -2.13. The van der Waals surface area contributed by atoms with Crippen LogP contribution in [0.3, 0.4) is 0 Å². The third kappa shape index (κ3) is 4.90. The number of carbonyl (C=O) groups is 1. The SMILES string of the molecule is Cc1cc(C)nc(Nc2ccc(C(=O)Nc3ccc(S(N)(=O)=O)cc3)cc2)n1. The maximum atomic E-state index is 12.4. The van der Waals surface area contributed by atoms with Crippen LogP contribution in [0.2, 0.25) is 0 Å². The zero-order valence-corrected chi connectivity index (χ0v) is 16.1. The van der Waals surface area contributed by atoms with Gasteiger partial charge in [-0.15, -0.1) is 0 Å². The van der Waals surface area contributed by atoms with E-state index in [1.807, 2.05) is 19.9 Å². The van der Waals surface area contributed by atoms with Gasteiger partial charge in [-0.3, -0.25) is 4.79 Å². The first kappa shape index (κ1) is 19.5. The lowest BCUT2D eigenvalue weighted by molar-refractivity contribution is 0.102. The van der Waals surface area contributed by atoms with Gasteiger partial charge in [0.2, 0.25) is 16.0 Å². The summed E-state index contributed by atoms with van der Waals surface area (Å²) >= 11 is 0. The molecule has 3 rings (SSSR count). The van der Waals surface area contributed by atoms with Crippen LogP contribution < -0.4 is 15.8 Å². The normalized spacial score (nSPS) is 11.1. The minimum absolute atomic E-state index is 0.0190. The molecule has 0 unspecified atom stereocenters. The Morgan fingerprint density at radius 1 is 0.893 bits per heavy atom. The number of amides is 1. The molecule has 9 heteroatoms. The van der Waals surface area contributed by atoms with Gasteiger partial charge in [-0.25, -0.2) is 23.5 Å². The Kier molecular flexibility index (Phi) is 5.39. The summed E-state index contributed by atoms with van der Waals surface area (Å²) in [5.74, 6) is 0.169. The van der Waals surface area contributed by atoms with Gasteiger partial charge in [0, 0.05) is 28.3 Å². The van der Waals surface area contributed by atoms with Crippen LogP contribution in [0, 0.1) is 13.8 Å². The van der Waals surface area contributed by atoms with Crippen molar-refractivity contribution in [1.82, 2.24) is 9.97 Å². The van der Waals surface area contributed by atoms with Crippen LogP contribution >= 0.6 is 0 Å². The Balaban J connectivity index is 1.68. The van der Waals surface area contributed by atoms with E-state index < -0.39 is 10.0 Å². The van der Waals surface area contributed by atoms with Crippen LogP contribution in [0.5, 0.6) is 0 Å². The average molecular weight is 397 g/mol. The molecule has 2 aromatic carbocycles. The molecule has 1 aromatic heterocycles. The van der Waals surface area contributed by atoms with E-state index in [4.69, 9.17) is 5.14 Å². The second kappa shape index (κ2) is 7.75. The summed E-state index contributed by atoms with van der Waals surface area (Å²) in [4.78, 5) is 21.0. The summed E-state index contributed by atoms with van der Waals surface area (Å²) in [5, 5.41) is 10.9. The van der Waals surface area contributed by atoms with Crippen LogP contribution in [0.15, 0.2) is 59.5 Å². The number of carbonyl (C=O) groups excluding carboxylic acids is 1. The molecule has 8 nitrogen and oxygen atoms in total. The Bertz CT molecular complexity index is 1090. The third-order valence-corrected chi connectivity index (χ3v) is 4.76. The minimum atomic E-state index is -3.77. The van der Waals surface area contributed by atoms with Gasteiger partial charge in [-0.1, -0.05) is 0 Å². The fraction of sp³-hybridized carbons (Fsp3) is 0.105. The summed E-state index contributed by atoms with van der Waals surface area (Å²) in [6.07, 6.45) is 0. The fourth-order valence-electron chi connectivity index (χ4n) is 2.55. The molecule has 0 radical (unpaired) electrons. The molecule has 144 valence electrons. The lowest BCUT2D eigenvalue weighted by atomic mass is 10.2. The molecule has 28 heavy (non-hydrogen) atoms. The summed E-state index contributed by atoms with van der Waals surface area (Å²) in [6, 6.07) is 14.3. The molecule has 0 aliphatic rings. The molecule has 4 N–H and O–H groups in total. The van der Waals surface area contributed by atoms with E-state index in [-0.39, 0.29) is 10.8 Å². The third-order valence-electron chi connectivity index (χ3n) is 3.83. The van der Waals surface area contributed by atoms with E-state index in [0.29, 0.717) is 17.2 Å². The number of rotatable bonds is 5. The van der Waals surface area contributed by atoms with Gasteiger partial charge in [-0.05, 0) is 68.4 Å². The largest absolute Gasteiger partial charge is 0.324 e. The summed E-state index contributed by atoms with van der Waals surface area (Å²) in [7, 11) is -3.77.